The number of primary amides is 1. The zero-order chi connectivity index (χ0) is 20.3. The second kappa shape index (κ2) is 7.80. The monoisotopic (exact) mass is 370 g/mol. The normalized spacial score (nSPS) is 14.4. The Bertz CT molecular complexity index is 701. The molecule has 0 spiro atoms. The van der Waals surface area contributed by atoms with Crippen LogP contribution >= 0.6 is 0 Å². The third-order valence-corrected chi connectivity index (χ3v) is 3.84. The van der Waals surface area contributed by atoms with E-state index in [9.17, 15) is 18.0 Å². The van der Waals surface area contributed by atoms with E-state index in [1.54, 1.807) is 6.92 Å². The average Bonchev–Trinajstić information content (AvgIpc) is 2.43. The highest BCUT2D eigenvalue weighted by Gasteiger charge is 2.32. The molecule has 1 atom stereocenters. The van der Waals surface area contributed by atoms with Crippen LogP contribution in [-0.2, 0) is 10.2 Å². The van der Waals surface area contributed by atoms with Crippen molar-refractivity contribution in [3.63, 3.8) is 0 Å². The first kappa shape index (κ1) is 21.5. The molecule has 1 aromatic rings. The summed E-state index contributed by atoms with van der Waals surface area (Å²) in [6.07, 6.45) is -6.21. The molecule has 0 aliphatic heterocycles. The topological polar surface area (TPSA) is 105 Å². The number of amides is 1. The fourth-order valence-corrected chi connectivity index (χ4v) is 2.39. The summed E-state index contributed by atoms with van der Waals surface area (Å²) in [5, 5.41) is 10.3. The van der Waals surface area contributed by atoms with Crippen LogP contribution in [0.3, 0.4) is 0 Å². The van der Waals surface area contributed by atoms with Crippen LogP contribution in [0, 0.1) is 5.41 Å². The minimum atomic E-state index is -4.63. The molecule has 0 radical (unpaired) electrons. The molecule has 8 heteroatoms. The van der Waals surface area contributed by atoms with Gasteiger partial charge in [-0.2, -0.15) is 13.2 Å². The van der Waals surface area contributed by atoms with Crippen molar-refractivity contribution >= 4 is 11.6 Å². The number of carbonyl (C=O) groups excluding carboxylic acids is 1. The SMILES string of the molecule is CC(N/C(N)=C(\C(=N)CC(F)(F)F)C(N)=O)c1ccc(C(C)(C)C)cc1. The highest BCUT2D eigenvalue weighted by atomic mass is 19.4. The highest BCUT2D eigenvalue weighted by molar-refractivity contribution is 6.20. The lowest BCUT2D eigenvalue weighted by Gasteiger charge is -2.22. The Morgan fingerprint density at radius 1 is 1.15 bits per heavy atom. The van der Waals surface area contributed by atoms with Gasteiger partial charge in [-0.1, -0.05) is 45.0 Å². The van der Waals surface area contributed by atoms with Gasteiger partial charge >= 0.3 is 6.18 Å². The van der Waals surface area contributed by atoms with Gasteiger partial charge in [0.05, 0.1) is 17.7 Å². The summed E-state index contributed by atoms with van der Waals surface area (Å²) in [6.45, 7) is 7.98. The Balaban J connectivity index is 3.03. The van der Waals surface area contributed by atoms with E-state index in [2.05, 4.69) is 26.1 Å². The van der Waals surface area contributed by atoms with Gasteiger partial charge in [0.1, 0.15) is 5.82 Å². The molecule has 0 heterocycles. The van der Waals surface area contributed by atoms with E-state index in [0.29, 0.717) is 0 Å². The Morgan fingerprint density at radius 2 is 1.65 bits per heavy atom. The molecule has 0 saturated heterocycles. The molecular weight excluding hydrogens is 345 g/mol. The number of halogens is 3. The number of carbonyl (C=O) groups is 1. The van der Waals surface area contributed by atoms with Gasteiger partial charge in [0.15, 0.2) is 0 Å². The van der Waals surface area contributed by atoms with Crippen molar-refractivity contribution in [3.8, 4) is 0 Å². The van der Waals surface area contributed by atoms with Crippen LogP contribution in [0.5, 0.6) is 0 Å². The van der Waals surface area contributed by atoms with Crippen molar-refractivity contribution in [1.29, 1.82) is 5.41 Å². The van der Waals surface area contributed by atoms with Gasteiger partial charge in [-0.05, 0) is 23.5 Å². The van der Waals surface area contributed by atoms with Crippen molar-refractivity contribution in [3.05, 3.63) is 46.8 Å². The maximum atomic E-state index is 12.5. The van der Waals surface area contributed by atoms with Crippen LogP contribution in [0.15, 0.2) is 35.7 Å². The zero-order valence-electron chi connectivity index (χ0n) is 15.3. The van der Waals surface area contributed by atoms with Gasteiger partial charge in [-0.3, -0.25) is 4.79 Å². The third kappa shape index (κ3) is 6.09. The molecule has 0 saturated carbocycles. The maximum Gasteiger partial charge on any atom is 0.394 e. The van der Waals surface area contributed by atoms with E-state index in [1.807, 2.05) is 24.3 Å². The van der Waals surface area contributed by atoms with Gasteiger partial charge in [-0.25, -0.2) is 0 Å². The molecule has 0 aliphatic rings. The first-order valence-electron chi connectivity index (χ1n) is 8.03. The number of alkyl halides is 3. The quantitative estimate of drug-likeness (QED) is 0.456. The summed E-state index contributed by atoms with van der Waals surface area (Å²) >= 11 is 0. The van der Waals surface area contributed by atoms with Gasteiger partial charge in [-0.15, -0.1) is 0 Å². The van der Waals surface area contributed by atoms with Crippen molar-refractivity contribution in [2.45, 2.75) is 51.7 Å². The summed E-state index contributed by atoms with van der Waals surface area (Å²) < 4.78 is 37.4. The lowest BCUT2D eigenvalue weighted by atomic mass is 9.86. The molecular formula is C18H25F3N4O. The third-order valence-electron chi connectivity index (χ3n) is 3.84. The predicted molar refractivity (Wildman–Crippen MR) is 95.5 cm³/mol. The standard InChI is InChI=1S/C18H25F3N4O/c1-10(11-5-7-12(8-6-11)17(2,3)4)25-15(23)14(16(24)26)13(22)9-18(19,20)21/h5-8,10,22,25H,9,23H2,1-4H3,(H2,24,26)/b15-14+,22-13?. The molecule has 0 aliphatic carbocycles. The van der Waals surface area contributed by atoms with E-state index in [4.69, 9.17) is 16.9 Å². The second-order valence-electron chi connectivity index (χ2n) is 7.16. The maximum absolute atomic E-state index is 12.5. The Hall–Kier alpha value is -2.51. The first-order valence-corrected chi connectivity index (χ1v) is 8.03. The van der Waals surface area contributed by atoms with Crippen molar-refractivity contribution in [2.75, 3.05) is 0 Å². The number of rotatable bonds is 6. The molecule has 0 fully saturated rings. The molecule has 144 valence electrons. The van der Waals surface area contributed by atoms with Crippen molar-refractivity contribution < 1.29 is 18.0 Å². The lowest BCUT2D eigenvalue weighted by Crippen LogP contribution is -2.33. The molecule has 1 aromatic carbocycles. The number of hydrogen-bond acceptors (Lipinski definition) is 4. The molecule has 0 bridgehead atoms. The minimum absolute atomic E-state index is 0.0139. The summed E-state index contributed by atoms with van der Waals surface area (Å²) in [5.74, 6) is -1.53. The fraction of sp³-hybridized carbons (Fsp3) is 0.444. The van der Waals surface area contributed by atoms with Crippen molar-refractivity contribution in [2.24, 2.45) is 11.5 Å². The van der Waals surface area contributed by atoms with E-state index < -0.39 is 35.8 Å². The summed E-state index contributed by atoms with van der Waals surface area (Å²) in [6, 6.07) is 7.26. The number of hydrogen-bond donors (Lipinski definition) is 4. The van der Waals surface area contributed by atoms with Crippen LogP contribution in [0.1, 0.15) is 51.3 Å². The van der Waals surface area contributed by atoms with Crippen molar-refractivity contribution in [1.82, 2.24) is 5.32 Å². The van der Waals surface area contributed by atoms with Crippen LogP contribution < -0.4 is 16.8 Å². The van der Waals surface area contributed by atoms with Crippen LogP contribution in [0.25, 0.3) is 0 Å². The molecule has 0 aromatic heterocycles. The number of nitrogens with two attached hydrogens (primary N) is 2. The largest absolute Gasteiger partial charge is 0.394 e. The van der Waals surface area contributed by atoms with E-state index in [0.717, 1.165) is 11.1 Å². The fourth-order valence-electron chi connectivity index (χ4n) is 2.39. The molecule has 26 heavy (non-hydrogen) atoms. The summed E-state index contributed by atoms with van der Waals surface area (Å²) in [4.78, 5) is 11.5. The van der Waals surface area contributed by atoms with Gasteiger partial charge in [0.25, 0.3) is 5.91 Å². The van der Waals surface area contributed by atoms with Gasteiger partial charge in [0, 0.05) is 6.04 Å². The highest BCUT2D eigenvalue weighted by Crippen LogP contribution is 2.25. The van der Waals surface area contributed by atoms with Crippen LogP contribution in [0.2, 0.25) is 0 Å². The molecule has 1 rings (SSSR count). The summed E-state index contributed by atoms with van der Waals surface area (Å²) in [5.41, 5.74) is 11.2. The minimum Gasteiger partial charge on any atom is -0.385 e. The average molecular weight is 370 g/mol. The lowest BCUT2D eigenvalue weighted by molar-refractivity contribution is -0.121. The van der Waals surface area contributed by atoms with E-state index >= 15 is 0 Å². The zero-order valence-corrected chi connectivity index (χ0v) is 15.3. The Kier molecular flexibility index (Phi) is 6.46. The molecule has 1 amide bonds. The number of benzene rings is 1. The molecule has 1 unspecified atom stereocenters. The predicted octanol–water partition coefficient (Wildman–Crippen LogP) is 3.26. The smallest absolute Gasteiger partial charge is 0.385 e. The molecule has 6 N–H and O–H groups in total. The van der Waals surface area contributed by atoms with E-state index in [-0.39, 0.29) is 11.2 Å². The van der Waals surface area contributed by atoms with E-state index in [1.165, 1.54) is 0 Å². The van der Waals surface area contributed by atoms with Crippen LogP contribution in [0.4, 0.5) is 13.2 Å². The second-order valence-corrected chi connectivity index (χ2v) is 7.16. The first-order chi connectivity index (χ1) is 11.7. The van der Waals surface area contributed by atoms with Gasteiger partial charge < -0.3 is 22.2 Å². The number of nitrogens with one attached hydrogen (secondary N) is 2. The van der Waals surface area contributed by atoms with Gasteiger partial charge in [0.2, 0.25) is 0 Å². The van der Waals surface area contributed by atoms with Crippen LogP contribution in [-0.4, -0.2) is 17.8 Å². The summed E-state index contributed by atoms with van der Waals surface area (Å²) in [7, 11) is 0. The molecule has 5 nitrogen and oxygen atoms in total. The Labute approximate surface area is 151 Å². The Morgan fingerprint density at radius 3 is 2.04 bits per heavy atom.